The van der Waals surface area contributed by atoms with Gasteiger partial charge in [0.15, 0.2) is 6.20 Å². The zero-order valence-corrected chi connectivity index (χ0v) is 10.5. The number of aromatic nitrogens is 2. The largest absolute Gasteiger partial charge is 0.387 e. The molecule has 3 heterocycles. The molecule has 0 saturated carbocycles. The lowest BCUT2D eigenvalue weighted by Crippen LogP contribution is -2.30. The predicted molar refractivity (Wildman–Crippen MR) is 67.2 cm³/mol. The highest BCUT2D eigenvalue weighted by molar-refractivity contribution is 6.30. The lowest BCUT2D eigenvalue weighted by atomic mass is 10.1. The minimum Gasteiger partial charge on any atom is -0.364 e. The summed E-state index contributed by atoms with van der Waals surface area (Å²) < 4.78 is 4.90. The van der Waals surface area contributed by atoms with Gasteiger partial charge in [0.2, 0.25) is 0 Å². The van der Waals surface area contributed by atoms with Crippen molar-refractivity contribution in [3.63, 3.8) is 0 Å². The normalized spacial score (nSPS) is 14.3. The van der Waals surface area contributed by atoms with Crippen molar-refractivity contribution in [2.45, 2.75) is 13.0 Å². The fourth-order valence-electron chi connectivity index (χ4n) is 2.14. The Kier molecular flexibility index (Phi) is 2.83. The van der Waals surface area contributed by atoms with Gasteiger partial charge in [-0.15, -0.1) is 0 Å². The van der Waals surface area contributed by atoms with Crippen molar-refractivity contribution in [1.82, 2.24) is 10.1 Å². The monoisotopic (exact) mass is 280 g/mol. The van der Waals surface area contributed by atoms with Gasteiger partial charge in [-0.25, -0.2) is 0 Å². The summed E-state index contributed by atoms with van der Waals surface area (Å²) in [5, 5.41) is 15.3. The van der Waals surface area contributed by atoms with Crippen molar-refractivity contribution in [3.05, 3.63) is 44.9 Å². The molecule has 2 aromatic heterocycles. The van der Waals surface area contributed by atoms with E-state index in [-0.39, 0.29) is 5.82 Å². The summed E-state index contributed by atoms with van der Waals surface area (Å²) in [6.45, 7) is 1.12. The molecule has 0 radical (unpaired) electrons. The fraction of sp³-hybridized carbons (Fsp3) is 0.273. The van der Waals surface area contributed by atoms with E-state index >= 15 is 0 Å². The number of fused-ring (bicyclic) bond motifs is 1. The molecule has 8 heteroatoms. The maximum absolute atomic E-state index is 11.0. The molecule has 0 spiro atoms. The molecule has 19 heavy (non-hydrogen) atoms. The molecular weight excluding hydrogens is 272 g/mol. The van der Waals surface area contributed by atoms with E-state index in [1.165, 1.54) is 6.20 Å². The van der Waals surface area contributed by atoms with Gasteiger partial charge in [-0.2, -0.15) is 0 Å². The number of pyridine rings is 1. The molecule has 1 aliphatic rings. The maximum atomic E-state index is 11.0. The van der Waals surface area contributed by atoms with Crippen LogP contribution in [0.3, 0.4) is 0 Å². The summed E-state index contributed by atoms with van der Waals surface area (Å²) in [4.78, 5) is 16.2. The Morgan fingerprint density at radius 1 is 1.53 bits per heavy atom. The van der Waals surface area contributed by atoms with Crippen molar-refractivity contribution in [1.29, 1.82) is 0 Å². The van der Waals surface area contributed by atoms with Gasteiger partial charge in [-0.05, 0) is 16.0 Å². The summed E-state index contributed by atoms with van der Waals surface area (Å²) in [6, 6.07) is 1.56. The van der Waals surface area contributed by atoms with Gasteiger partial charge in [0, 0.05) is 25.1 Å². The number of nitrogens with zero attached hydrogens (tertiary/aromatic N) is 4. The third-order valence-corrected chi connectivity index (χ3v) is 3.24. The number of halogens is 1. The van der Waals surface area contributed by atoms with Crippen LogP contribution in [0.25, 0.3) is 0 Å². The molecule has 0 aromatic carbocycles. The number of rotatable bonds is 2. The van der Waals surface area contributed by atoms with E-state index in [0.717, 1.165) is 11.3 Å². The predicted octanol–water partition coefficient (Wildman–Crippen LogP) is 2.19. The Morgan fingerprint density at radius 2 is 2.37 bits per heavy atom. The van der Waals surface area contributed by atoms with Crippen LogP contribution in [0.4, 0.5) is 11.5 Å². The van der Waals surface area contributed by atoms with E-state index in [2.05, 4.69) is 10.1 Å². The van der Waals surface area contributed by atoms with E-state index in [1.807, 2.05) is 4.90 Å². The second-order valence-corrected chi connectivity index (χ2v) is 4.65. The van der Waals surface area contributed by atoms with E-state index in [9.17, 15) is 10.1 Å². The first kappa shape index (κ1) is 11.9. The van der Waals surface area contributed by atoms with Crippen LogP contribution >= 0.6 is 11.6 Å². The van der Waals surface area contributed by atoms with Gasteiger partial charge < -0.3 is 19.5 Å². The second kappa shape index (κ2) is 4.51. The molecule has 7 nitrogen and oxygen atoms in total. The molecule has 0 aliphatic carbocycles. The average Bonchev–Trinajstić information content (AvgIpc) is 2.85. The molecule has 0 N–H and O–H groups in total. The van der Waals surface area contributed by atoms with E-state index in [0.29, 0.717) is 30.2 Å². The molecule has 0 atom stereocenters. The topological polar surface area (TPSA) is 85.3 Å². The van der Waals surface area contributed by atoms with Crippen LogP contribution in [0.2, 0.25) is 5.02 Å². The highest BCUT2D eigenvalue weighted by atomic mass is 35.5. The van der Waals surface area contributed by atoms with Gasteiger partial charge in [0.25, 0.3) is 0 Å². The van der Waals surface area contributed by atoms with E-state index < -0.39 is 4.92 Å². The minimum atomic E-state index is -0.505. The fourth-order valence-corrected chi connectivity index (χ4v) is 2.29. The summed E-state index contributed by atoms with van der Waals surface area (Å²) in [5.74, 6) is -0.190. The Hall–Kier alpha value is -2.15. The van der Waals surface area contributed by atoms with Crippen molar-refractivity contribution in [2.75, 3.05) is 11.4 Å². The number of hydrogen-bond donors (Lipinski definition) is 0. The Morgan fingerprint density at radius 3 is 3.16 bits per heavy atom. The first-order valence-corrected chi connectivity index (χ1v) is 6.00. The van der Waals surface area contributed by atoms with Gasteiger partial charge in [-0.1, -0.05) is 16.8 Å². The Balaban J connectivity index is 1.99. The lowest BCUT2D eigenvalue weighted by Gasteiger charge is -2.27. The van der Waals surface area contributed by atoms with Crippen LogP contribution in [-0.4, -0.2) is 21.6 Å². The van der Waals surface area contributed by atoms with Gasteiger partial charge in [0.1, 0.15) is 12.0 Å². The molecule has 98 valence electrons. The maximum Gasteiger partial charge on any atom is 0.387 e. The first-order valence-electron chi connectivity index (χ1n) is 5.62. The minimum absolute atomic E-state index is 0.190. The highest BCUT2D eigenvalue weighted by Gasteiger charge is 2.26. The molecule has 0 bridgehead atoms. The third kappa shape index (κ3) is 2.12. The van der Waals surface area contributed by atoms with Gasteiger partial charge in [-0.3, -0.25) is 0 Å². The summed E-state index contributed by atoms with van der Waals surface area (Å²) in [5.41, 5.74) is 2.25. The van der Waals surface area contributed by atoms with Crippen LogP contribution in [0.5, 0.6) is 0 Å². The number of anilines is 1. The molecule has 2 aromatic rings. The second-order valence-electron chi connectivity index (χ2n) is 4.21. The quantitative estimate of drug-likeness (QED) is 0.619. The third-order valence-electron chi connectivity index (χ3n) is 3.04. The van der Waals surface area contributed by atoms with Crippen LogP contribution < -0.4 is 4.90 Å². The molecule has 3 rings (SSSR count). The Bertz CT molecular complexity index is 643. The van der Waals surface area contributed by atoms with Crippen LogP contribution in [0.15, 0.2) is 23.0 Å². The summed E-state index contributed by atoms with van der Waals surface area (Å²) in [6.07, 6.45) is 3.51. The average molecular weight is 281 g/mol. The standard InChI is InChI=1S/C11H9ClN4O3/c12-8-3-10(11(13-4-8)16(17)18)15-2-1-9-7(5-15)6-19-14-9/h3-4,6H,1-2,5H2. The number of hydrogen-bond acceptors (Lipinski definition) is 6. The van der Waals surface area contributed by atoms with Crippen molar-refractivity contribution < 1.29 is 9.45 Å². The van der Waals surface area contributed by atoms with Crippen LogP contribution in [0, 0.1) is 10.1 Å². The molecular formula is C11H9ClN4O3. The van der Waals surface area contributed by atoms with Crippen molar-refractivity contribution in [3.8, 4) is 0 Å². The van der Waals surface area contributed by atoms with Crippen LogP contribution in [0.1, 0.15) is 11.3 Å². The summed E-state index contributed by atoms with van der Waals surface area (Å²) >= 11 is 5.88. The van der Waals surface area contributed by atoms with Crippen molar-refractivity contribution in [2.24, 2.45) is 0 Å². The molecule has 1 aliphatic heterocycles. The van der Waals surface area contributed by atoms with Crippen LogP contribution in [-0.2, 0) is 13.0 Å². The zero-order valence-electron chi connectivity index (χ0n) is 9.74. The smallest absolute Gasteiger partial charge is 0.364 e. The molecule has 0 amide bonds. The highest BCUT2D eigenvalue weighted by Crippen LogP contribution is 2.32. The van der Waals surface area contributed by atoms with Gasteiger partial charge in [0.05, 0.1) is 10.7 Å². The van der Waals surface area contributed by atoms with E-state index in [4.69, 9.17) is 16.1 Å². The first-order chi connectivity index (χ1) is 9.15. The zero-order chi connectivity index (χ0) is 13.4. The molecule has 0 fully saturated rings. The lowest BCUT2D eigenvalue weighted by molar-refractivity contribution is -0.388. The van der Waals surface area contributed by atoms with Gasteiger partial charge >= 0.3 is 5.82 Å². The van der Waals surface area contributed by atoms with Crippen molar-refractivity contribution >= 4 is 23.1 Å². The summed E-state index contributed by atoms with van der Waals surface area (Å²) in [7, 11) is 0. The Labute approximate surface area is 112 Å². The molecule has 0 unspecified atom stereocenters. The SMILES string of the molecule is O=[N+]([O-])c1ncc(Cl)cc1N1CCc2nocc2C1. The molecule has 0 saturated heterocycles. The number of nitro groups is 1. The van der Waals surface area contributed by atoms with E-state index in [1.54, 1.807) is 12.3 Å².